The third-order valence-corrected chi connectivity index (χ3v) is 3.03. The Morgan fingerprint density at radius 2 is 2.19 bits per heavy atom. The summed E-state index contributed by atoms with van der Waals surface area (Å²) in [5.41, 5.74) is 0.298. The molecule has 2 heterocycles. The van der Waals surface area contributed by atoms with Crippen LogP contribution in [0, 0.1) is 0 Å². The van der Waals surface area contributed by atoms with E-state index in [0.29, 0.717) is 37.0 Å². The van der Waals surface area contributed by atoms with Gasteiger partial charge in [0.15, 0.2) is 0 Å². The molecule has 0 aliphatic carbocycles. The van der Waals surface area contributed by atoms with Crippen molar-refractivity contribution in [2.45, 2.75) is 0 Å². The summed E-state index contributed by atoms with van der Waals surface area (Å²) in [6.07, 6.45) is 1.57. The van der Waals surface area contributed by atoms with E-state index in [1.165, 1.54) is 0 Å². The maximum absolute atomic E-state index is 12.0. The summed E-state index contributed by atoms with van der Waals surface area (Å²) in [6, 6.07) is 1.67. The van der Waals surface area contributed by atoms with Crippen LogP contribution in [0.4, 0.5) is 0 Å². The summed E-state index contributed by atoms with van der Waals surface area (Å²) in [6.45, 7) is 2.32. The van der Waals surface area contributed by atoms with Crippen LogP contribution in [-0.4, -0.2) is 42.1 Å². The molecule has 6 heteroatoms. The topological polar surface area (TPSA) is 42.4 Å². The summed E-state index contributed by atoms with van der Waals surface area (Å²) in [7, 11) is 0. The lowest BCUT2D eigenvalue weighted by atomic mass is 10.3. The minimum absolute atomic E-state index is 0.138. The SMILES string of the molecule is O=C(c1ncc(Br)cc1Cl)N1CCOCC1. The van der Waals surface area contributed by atoms with Crippen molar-refractivity contribution >= 4 is 33.4 Å². The summed E-state index contributed by atoms with van der Waals surface area (Å²) in [5, 5.41) is 0.367. The molecule has 1 aliphatic rings. The first kappa shape index (κ1) is 11.8. The first-order valence-corrected chi connectivity index (χ1v) is 6.03. The van der Waals surface area contributed by atoms with E-state index in [1.807, 2.05) is 0 Å². The van der Waals surface area contributed by atoms with Gasteiger partial charge in [-0.05, 0) is 22.0 Å². The normalized spacial score (nSPS) is 16.2. The van der Waals surface area contributed by atoms with Crippen molar-refractivity contribution in [1.82, 2.24) is 9.88 Å². The molecular weight excluding hydrogens is 295 g/mol. The van der Waals surface area contributed by atoms with Crippen LogP contribution >= 0.6 is 27.5 Å². The van der Waals surface area contributed by atoms with Crippen LogP contribution in [0.2, 0.25) is 5.02 Å². The van der Waals surface area contributed by atoms with Gasteiger partial charge in [0.05, 0.1) is 18.2 Å². The van der Waals surface area contributed by atoms with Crippen molar-refractivity contribution in [3.63, 3.8) is 0 Å². The Labute approximate surface area is 107 Å². The second-order valence-corrected chi connectivity index (χ2v) is 4.71. The molecule has 1 aromatic heterocycles. The van der Waals surface area contributed by atoms with Crippen LogP contribution in [0.5, 0.6) is 0 Å². The average Bonchev–Trinajstić information content (AvgIpc) is 2.29. The Hall–Kier alpha value is -0.650. The van der Waals surface area contributed by atoms with Crippen molar-refractivity contribution in [2.75, 3.05) is 26.3 Å². The number of carbonyl (C=O) groups is 1. The molecule has 2 rings (SSSR count). The van der Waals surface area contributed by atoms with Crippen LogP contribution in [-0.2, 0) is 4.74 Å². The number of carbonyl (C=O) groups excluding carboxylic acids is 1. The largest absolute Gasteiger partial charge is 0.378 e. The van der Waals surface area contributed by atoms with Gasteiger partial charge < -0.3 is 9.64 Å². The van der Waals surface area contributed by atoms with Gasteiger partial charge in [0.2, 0.25) is 0 Å². The van der Waals surface area contributed by atoms with Crippen LogP contribution in [0.3, 0.4) is 0 Å². The molecular formula is C10H10BrClN2O2. The molecule has 1 fully saturated rings. The molecule has 0 unspecified atom stereocenters. The van der Waals surface area contributed by atoms with Crippen molar-refractivity contribution in [3.8, 4) is 0 Å². The van der Waals surface area contributed by atoms with Crippen LogP contribution < -0.4 is 0 Å². The Balaban J connectivity index is 2.19. The molecule has 4 nitrogen and oxygen atoms in total. The van der Waals surface area contributed by atoms with Gasteiger partial charge in [-0.25, -0.2) is 4.98 Å². The highest BCUT2D eigenvalue weighted by molar-refractivity contribution is 9.10. The fraction of sp³-hybridized carbons (Fsp3) is 0.400. The van der Waals surface area contributed by atoms with E-state index in [9.17, 15) is 4.79 Å². The Morgan fingerprint density at radius 3 is 2.81 bits per heavy atom. The van der Waals surface area contributed by atoms with Crippen LogP contribution in [0.1, 0.15) is 10.5 Å². The number of ether oxygens (including phenoxy) is 1. The van der Waals surface area contributed by atoms with E-state index in [-0.39, 0.29) is 5.91 Å². The van der Waals surface area contributed by atoms with E-state index in [0.717, 1.165) is 4.47 Å². The quantitative estimate of drug-likeness (QED) is 0.796. The minimum Gasteiger partial charge on any atom is -0.378 e. The number of nitrogens with zero attached hydrogens (tertiary/aromatic N) is 2. The van der Waals surface area contributed by atoms with Gasteiger partial charge in [-0.3, -0.25) is 4.79 Å². The average molecular weight is 306 g/mol. The standard InChI is InChI=1S/C10H10BrClN2O2/c11-7-5-8(12)9(13-6-7)10(15)14-1-3-16-4-2-14/h5-6H,1-4H2. The molecule has 16 heavy (non-hydrogen) atoms. The Bertz CT molecular complexity index is 408. The van der Waals surface area contributed by atoms with E-state index < -0.39 is 0 Å². The monoisotopic (exact) mass is 304 g/mol. The summed E-state index contributed by atoms with van der Waals surface area (Å²) in [4.78, 5) is 17.8. The van der Waals surface area contributed by atoms with Gasteiger partial charge in [0, 0.05) is 23.8 Å². The minimum atomic E-state index is -0.138. The first-order chi connectivity index (χ1) is 7.68. The van der Waals surface area contributed by atoms with E-state index >= 15 is 0 Å². The lowest BCUT2D eigenvalue weighted by Crippen LogP contribution is -2.41. The number of pyridine rings is 1. The molecule has 0 saturated carbocycles. The Morgan fingerprint density at radius 1 is 1.50 bits per heavy atom. The molecule has 0 radical (unpaired) electrons. The van der Waals surface area contributed by atoms with Gasteiger partial charge in [-0.1, -0.05) is 11.6 Å². The van der Waals surface area contributed by atoms with Crippen molar-refractivity contribution in [1.29, 1.82) is 0 Å². The van der Waals surface area contributed by atoms with E-state index in [4.69, 9.17) is 16.3 Å². The third-order valence-electron chi connectivity index (χ3n) is 2.31. The second kappa shape index (κ2) is 5.12. The van der Waals surface area contributed by atoms with E-state index in [1.54, 1.807) is 17.2 Å². The fourth-order valence-electron chi connectivity index (χ4n) is 1.49. The molecule has 0 atom stereocenters. The molecule has 0 spiro atoms. The van der Waals surface area contributed by atoms with Gasteiger partial charge in [-0.2, -0.15) is 0 Å². The van der Waals surface area contributed by atoms with E-state index in [2.05, 4.69) is 20.9 Å². The number of morpholine rings is 1. The Kier molecular flexibility index (Phi) is 3.78. The zero-order valence-corrected chi connectivity index (χ0v) is 10.8. The summed E-state index contributed by atoms with van der Waals surface area (Å²) in [5.74, 6) is -0.138. The fourth-order valence-corrected chi connectivity index (χ4v) is 2.20. The molecule has 1 aromatic rings. The van der Waals surface area contributed by atoms with Gasteiger partial charge in [0.1, 0.15) is 5.69 Å². The number of rotatable bonds is 1. The van der Waals surface area contributed by atoms with Crippen molar-refractivity contribution < 1.29 is 9.53 Å². The molecule has 0 aromatic carbocycles. The highest BCUT2D eigenvalue weighted by atomic mass is 79.9. The molecule has 0 N–H and O–H groups in total. The van der Waals surface area contributed by atoms with Crippen molar-refractivity contribution in [3.05, 3.63) is 27.5 Å². The maximum atomic E-state index is 12.0. The number of aromatic nitrogens is 1. The zero-order valence-electron chi connectivity index (χ0n) is 8.45. The molecule has 1 aliphatic heterocycles. The second-order valence-electron chi connectivity index (χ2n) is 3.39. The van der Waals surface area contributed by atoms with Crippen LogP contribution in [0.25, 0.3) is 0 Å². The summed E-state index contributed by atoms with van der Waals surface area (Å²) < 4.78 is 5.94. The van der Waals surface area contributed by atoms with Gasteiger partial charge >= 0.3 is 0 Å². The highest BCUT2D eigenvalue weighted by Gasteiger charge is 2.21. The number of hydrogen-bond donors (Lipinski definition) is 0. The molecule has 0 bridgehead atoms. The lowest BCUT2D eigenvalue weighted by Gasteiger charge is -2.26. The number of amides is 1. The highest BCUT2D eigenvalue weighted by Crippen LogP contribution is 2.20. The first-order valence-electron chi connectivity index (χ1n) is 4.86. The number of halogens is 2. The molecule has 1 saturated heterocycles. The summed E-state index contributed by atoms with van der Waals surface area (Å²) >= 11 is 9.22. The van der Waals surface area contributed by atoms with Crippen molar-refractivity contribution in [2.24, 2.45) is 0 Å². The predicted molar refractivity (Wildman–Crippen MR) is 63.7 cm³/mol. The zero-order chi connectivity index (χ0) is 11.5. The maximum Gasteiger partial charge on any atom is 0.274 e. The smallest absolute Gasteiger partial charge is 0.274 e. The van der Waals surface area contributed by atoms with Crippen LogP contribution in [0.15, 0.2) is 16.7 Å². The molecule has 86 valence electrons. The lowest BCUT2D eigenvalue weighted by molar-refractivity contribution is 0.0299. The van der Waals surface area contributed by atoms with Gasteiger partial charge in [-0.15, -0.1) is 0 Å². The third kappa shape index (κ3) is 2.53. The van der Waals surface area contributed by atoms with Gasteiger partial charge in [0.25, 0.3) is 5.91 Å². The number of hydrogen-bond acceptors (Lipinski definition) is 3. The molecule has 1 amide bonds. The predicted octanol–water partition coefficient (Wildman–Crippen LogP) is 1.97.